The van der Waals surface area contributed by atoms with E-state index in [2.05, 4.69) is 26.8 Å². The summed E-state index contributed by atoms with van der Waals surface area (Å²) in [7, 11) is 0. The SMILES string of the molecule is CC(C)=CCCC1(C)OCCCCO1. The molecular formula is C12H22O2. The molecule has 0 bridgehead atoms. The molecule has 0 aromatic rings. The third kappa shape index (κ3) is 4.25. The molecule has 0 N–H and O–H groups in total. The minimum Gasteiger partial charge on any atom is -0.350 e. The zero-order valence-electron chi connectivity index (χ0n) is 9.64. The van der Waals surface area contributed by atoms with Crippen LogP contribution in [-0.4, -0.2) is 19.0 Å². The van der Waals surface area contributed by atoms with Crippen LogP contribution < -0.4 is 0 Å². The first-order valence-electron chi connectivity index (χ1n) is 5.54. The van der Waals surface area contributed by atoms with Gasteiger partial charge in [0.05, 0.1) is 13.2 Å². The second-order valence-corrected chi connectivity index (χ2v) is 4.36. The van der Waals surface area contributed by atoms with Crippen LogP contribution in [0.1, 0.15) is 46.5 Å². The summed E-state index contributed by atoms with van der Waals surface area (Å²) in [4.78, 5) is 0. The monoisotopic (exact) mass is 198 g/mol. The van der Waals surface area contributed by atoms with E-state index in [1.807, 2.05) is 0 Å². The molecular weight excluding hydrogens is 176 g/mol. The first kappa shape index (κ1) is 11.7. The highest BCUT2D eigenvalue weighted by molar-refractivity contribution is 4.93. The molecule has 0 spiro atoms. The van der Waals surface area contributed by atoms with Gasteiger partial charge >= 0.3 is 0 Å². The van der Waals surface area contributed by atoms with Crippen molar-refractivity contribution < 1.29 is 9.47 Å². The maximum Gasteiger partial charge on any atom is 0.165 e. The van der Waals surface area contributed by atoms with E-state index >= 15 is 0 Å². The molecule has 0 saturated carbocycles. The van der Waals surface area contributed by atoms with Crippen LogP contribution in [0.25, 0.3) is 0 Å². The highest BCUT2D eigenvalue weighted by atomic mass is 16.7. The van der Waals surface area contributed by atoms with Crippen molar-refractivity contribution in [1.29, 1.82) is 0 Å². The molecule has 1 saturated heterocycles. The number of rotatable bonds is 3. The average molecular weight is 198 g/mol. The van der Waals surface area contributed by atoms with Gasteiger partial charge in [0.15, 0.2) is 5.79 Å². The van der Waals surface area contributed by atoms with Crippen LogP contribution in [0.2, 0.25) is 0 Å². The van der Waals surface area contributed by atoms with Gasteiger partial charge in [0.2, 0.25) is 0 Å². The van der Waals surface area contributed by atoms with Gasteiger partial charge in [-0.1, -0.05) is 11.6 Å². The molecule has 0 amide bonds. The molecule has 0 unspecified atom stereocenters. The Labute approximate surface area is 87.3 Å². The van der Waals surface area contributed by atoms with Crippen molar-refractivity contribution in [3.63, 3.8) is 0 Å². The van der Waals surface area contributed by atoms with Crippen molar-refractivity contribution in [2.75, 3.05) is 13.2 Å². The van der Waals surface area contributed by atoms with E-state index in [1.54, 1.807) is 0 Å². The molecule has 1 rings (SSSR count). The van der Waals surface area contributed by atoms with Gasteiger partial charge in [-0.2, -0.15) is 0 Å². The van der Waals surface area contributed by atoms with E-state index in [9.17, 15) is 0 Å². The minimum absolute atomic E-state index is 0.345. The Hall–Kier alpha value is -0.340. The number of allylic oxidation sites excluding steroid dienone is 2. The summed E-state index contributed by atoms with van der Waals surface area (Å²) in [5, 5.41) is 0. The van der Waals surface area contributed by atoms with Crippen molar-refractivity contribution in [1.82, 2.24) is 0 Å². The predicted molar refractivity (Wildman–Crippen MR) is 58.2 cm³/mol. The topological polar surface area (TPSA) is 18.5 Å². The average Bonchev–Trinajstić information content (AvgIpc) is 2.30. The van der Waals surface area contributed by atoms with Gasteiger partial charge in [-0.15, -0.1) is 0 Å². The lowest BCUT2D eigenvalue weighted by atomic mass is 10.1. The minimum atomic E-state index is -0.345. The van der Waals surface area contributed by atoms with Crippen molar-refractivity contribution in [3.8, 4) is 0 Å². The van der Waals surface area contributed by atoms with E-state index in [0.717, 1.165) is 38.9 Å². The van der Waals surface area contributed by atoms with Crippen LogP contribution in [0.5, 0.6) is 0 Å². The third-order valence-electron chi connectivity index (χ3n) is 2.50. The van der Waals surface area contributed by atoms with Gasteiger partial charge in [0.1, 0.15) is 0 Å². The fourth-order valence-electron chi connectivity index (χ4n) is 1.59. The van der Waals surface area contributed by atoms with Crippen LogP contribution in [0.15, 0.2) is 11.6 Å². The van der Waals surface area contributed by atoms with Crippen LogP contribution in [0, 0.1) is 0 Å². The Morgan fingerprint density at radius 2 is 1.79 bits per heavy atom. The molecule has 0 atom stereocenters. The first-order valence-corrected chi connectivity index (χ1v) is 5.54. The molecule has 82 valence electrons. The van der Waals surface area contributed by atoms with Crippen molar-refractivity contribution in [3.05, 3.63) is 11.6 Å². The second kappa shape index (κ2) is 5.52. The molecule has 1 aliphatic heterocycles. The van der Waals surface area contributed by atoms with Gasteiger partial charge in [-0.05, 0) is 40.0 Å². The van der Waals surface area contributed by atoms with Crippen LogP contribution >= 0.6 is 0 Å². The molecule has 2 nitrogen and oxygen atoms in total. The van der Waals surface area contributed by atoms with Crippen LogP contribution in [0.3, 0.4) is 0 Å². The molecule has 1 fully saturated rings. The lowest BCUT2D eigenvalue weighted by Gasteiger charge is -2.27. The van der Waals surface area contributed by atoms with Crippen molar-refractivity contribution in [2.45, 2.75) is 52.2 Å². The summed E-state index contributed by atoms with van der Waals surface area (Å²) in [6.07, 6.45) is 6.48. The predicted octanol–water partition coefficient (Wildman–Crippen LogP) is 3.28. The van der Waals surface area contributed by atoms with E-state index in [-0.39, 0.29) is 5.79 Å². The number of ether oxygens (including phenoxy) is 2. The fraction of sp³-hybridized carbons (Fsp3) is 0.833. The summed E-state index contributed by atoms with van der Waals surface area (Å²) in [5.74, 6) is -0.345. The van der Waals surface area contributed by atoms with Gasteiger partial charge in [-0.3, -0.25) is 0 Å². The lowest BCUT2D eigenvalue weighted by Crippen LogP contribution is -2.31. The quantitative estimate of drug-likeness (QED) is 0.648. The standard InChI is InChI=1S/C12H22O2/c1-11(2)7-6-8-12(3)13-9-4-5-10-14-12/h7H,4-6,8-10H2,1-3H3. The number of hydrogen-bond acceptors (Lipinski definition) is 2. The zero-order valence-corrected chi connectivity index (χ0v) is 9.64. The van der Waals surface area contributed by atoms with E-state index in [1.165, 1.54) is 5.57 Å². The molecule has 14 heavy (non-hydrogen) atoms. The largest absolute Gasteiger partial charge is 0.350 e. The molecule has 1 aliphatic rings. The summed E-state index contributed by atoms with van der Waals surface area (Å²) >= 11 is 0. The molecule has 0 aromatic heterocycles. The Morgan fingerprint density at radius 1 is 1.21 bits per heavy atom. The van der Waals surface area contributed by atoms with Gasteiger partial charge in [-0.25, -0.2) is 0 Å². The normalized spacial score (nSPS) is 21.4. The molecule has 0 aliphatic carbocycles. The van der Waals surface area contributed by atoms with Crippen molar-refractivity contribution >= 4 is 0 Å². The first-order chi connectivity index (χ1) is 6.62. The van der Waals surface area contributed by atoms with Gasteiger partial charge < -0.3 is 9.47 Å². The van der Waals surface area contributed by atoms with Crippen LogP contribution in [-0.2, 0) is 9.47 Å². The van der Waals surface area contributed by atoms with E-state index in [4.69, 9.17) is 9.47 Å². The van der Waals surface area contributed by atoms with E-state index < -0.39 is 0 Å². The highest BCUT2D eigenvalue weighted by Crippen LogP contribution is 2.23. The summed E-state index contributed by atoms with van der Waals surface area (Å²) in [5.41, 5.74) is 1.36. The van der Waals surface area contributed by atoms with Crippen molar-refractivity contribution in [2.24, 2.45) is 0 Å². The summed E-state index contributed by atoms with van der Waals surface area (Å²) < 4.78 is 11.4. The fourth-order valence-corrected chi connectivity index (χ4v) is 1.59. The van der Waals surface area contributed by atoms with Gasteiger partial charge in [0, 0.05) is 6.42 Å². The van der Waals surface area contributed by atoms with Gasteiger partial charge in [0.25, 0.3) is 0 Å². The smallest absolute Gasteiger partial charge is 0.165 e. The zero-order chi connectivity index (χ0) is 10.4. The maximum absolute atomic E-state index is 5.72. The summed E-state index contributed by atoms with van der Waals surface area (Å²) in [6, 6.07) is 0. The number of hydrogen-bond donors (Lipinski definition) is 0. The highest BCUT2D eigenvalue weighted by Gasteiger charge is 2.26. The second-order valence-electron chi connectivity index (χ2n) is 4.36. The van der Waals surface area contributed by atoms with E-state index in [0.29, 0.717) is 0 Å². The Morgan fingerprint density at radius 3 is 2.29 bits per heavy atom. The Bertz CT molecular complexity index is 184. The van der Waals surface area contributed by atoms with Crippen LogP contribution in [0.4, 0.5) is 0 Å². The molecule has 0 aromatic carbocycles. The lowest BCUT2D eigenvalue weighted by molar-refractivity contribution is -0.215. The summed E-state index contributed by atoms with van der Waals surface area (Å²) in [6.45, 7) is 7.97. The third-order valence-corrected chi connectivity index (χ3v) is 2.50. The molecule has 2 heteroatoms. The Balaban J connectivity index is 2.35. The molecule has 1 heterocycles. The molecule has 0 radical (unpaired) electrons. The maximum atomic E-state index is 5.72. The Kier molecular flexibility index (Phi) is 4.63.